The van der Waals surface area contributed by atoms with Crippen molar-refractivity contribution in [3.05, 3.63) is 35.6 Å². The van der Waals surface area contributed by atoms with Crippen LogP contribution in [-0.4, -0.2) is 69.9 Å². The molecule has 7 heteroatoms. The van der Waals surface area contributed by atoms with E-state index in [1.807, 2.05) is 13.0 Å². The predicted octanol–water partition coefficient (Wildman–Crippen LogP) is 0.966. The maximum atomic E-state index is 12.8. The summed E-state index contributed by atoms with van der Waals surface area (Å²) in [5, 5.41) is 39.7. The number of carbonyl (C=O) groups excluding carboxylic acids is 2. The maximum Gasteiger partial charge on any atom is 0.261 e. The Morgan fingerprint density at radius 3 is 2.52 bits per heavy atom. The number of amides is 1. The summed E-state index contributed by atoms with van der Waals surface area (Å²) in [5.41, 5.74) is -1.15. The molecule has 160 valence electrons. The number of Topliss-reactive ketones (excluding diaryl/α,β-unsaturated/α-hetero) is 1. The first-order valence-corrected chi connectivity index (χ1v) is 10.2. The highest BCUT2D eigenvalue weighted by Gasteiger charge is 2.54. The zero-order chi connectivity index (χ0) is 21.3. The van der Waals surface area contributed by atoms with Gasteiger partial charge in [-0.1, -0.05) is 31.2 Å². The molecule has 3 aliphatic rings. The van der Waals surface area contributed by atoms with Crippen molar-refractivity contribution in [2.75, 3.05) is 26.9 Å². The molecule has 3 rings (SSSR count). The zero-order valence-electron chi connectivity index (χ0n) is 17.0. The van der Waals surface area contributed by atoms with Crippen molar-refractivity contribution >= 4 is 11.7 Å². The molecule has 1 aliphatic heterocycles. The van der Waals surface area contributed by atoms with Crippen LogP contribution in [0.15, 0.2) is 35.6 Å². The molecule has 29 heavy (non-hydrogen) atoms. The molecule has 6 atom stereocenters. The molecule has 7 nitrogen and oxygen atoms in total. The van der Waals surface area contributed by atoms with Crippen molar-refractivity contribution in [3.63, 3.8) is 0 Å². The van der Waals surface area contributed by atoms with Gasteiger partial charge in [-0.3, -0.25) is 9.59 Å². The van der Waals surface area contributed by atoms with E-state index in [1.165, 1.54) is 11.9 Å². The highest BCUT2D eigenvalue weighted by atomic mass is 16.3. The summed E-state index contributed by atoms with van der Waals surface area (Å²) in [4.78, 5) is 26.7. The minimum Gasteiger partial charge on any atom is -0.511 e. The highest BCUT2D eigenvalue weighted by Crippen LogP contribution is 2.56. The lowest BCUT2D eigenvalue weighted by Gasteiger charge is -2.50. The zero-order valence-corrected chi connectivity index (χ0v) is 17.0. The van der Waals surface area contributed by atoms with Crippen molar-refractivity contribution in [2.45, 2.75) is 32.2 Å². The fraction of sp³-hybridized carbons (Fsp3) is 0.636. The van der Waals surface area contributed by atoms with Crippen LogP contribution in [-0.2, 0) is 9.59 Å². The number of hydrogen-bond donors (Lipinski definition) is 4. The molecular weight excluding hydrogens is 374 g/mol. The van der Waals surface area contributed by atoms with Gasteiger partial charge < -0.3 is 25.3 Å². The summed E-state index contributed by atoms with van der Waals surface area (Å²) in [7, 11) is 1.45. The number of rotatable bonds is 5. The predicted molar refractivity (Wildman–Crippen MR) is 107 cm³/mol. The van der Waals surface area contributed by atoms with Gasteiger partial charge in [-0.25, -0.2) is 0 Å². The van der Waals surface area contributed by atoms with E-state index in [0.717, 1.165) is 19.3 Å². The van der Waals surface area contributed by atoms with Crippen molar-refractivity contribution in [1.29, 1.82) is 0 Å². The van der Waals surface area contributed by atoms with Crippen LogP contribution >= 0.6 is 0 Å². The second-order valence-electron chi connectivity index (χ2n) is 8.64. The van der Waals surface area contributed by atoms with Crippen molar-refractivity contribution < 1.29 is 30.0 Å². The van der Waals surface area contributed by atoms with Gasteiger partial charge >= 0.3 is 0 Å². The van der Waals surface area contributed by atoms with Gasteiger partial charge in [0, 0.05) is 25.0 Å². The summed E-state index contributed by atoms with van der Waals surface area (Å²) >= 11 is 0. The topological polar surface area (TPSA) is 118 Å². The van der Waals surface area contributed by atoms with Gasteiger partial charge in [-0.2, -0.15) is 0 Å². The minimum atomic E-state index is -0.977. The standard InChI is InChI=1S/C22H31NO6/c1-22(20(28)18-19(27)17(12-26)23(2)21(18)29)15(4-3-9-24)7-6-14-10-13(11-25)5-8-16(14)22/h3-4,6-7,13-17,24-26,28H,5,8-12H2,1-2H3/b4-3+,20-18?/t13-,14-,15-,16-,17?,22-/m1/s1. The van der Waals surface area contributed by atoms with Crippen molar-refractivity contribution in [2.24, 2.45) is 29.1 Å². The second kappa shape index (κ2) is 8.42. The lowest BCUT2D eigenvalue weighted by Crippen LogP contribution is -2.46. The summed E-state index contributed by atoms with van der Waals surface area (Å²) in [6.07, 6.45) is 9.80. The van der Waals surface area contributed by atoms with Gasteiger partial charge in [0.05, 0.1) is 13.2 Å². The third-order valence-corrected chi connectivity index (χ3v) is 7.21. The van der Waals surface area contributed by atoms with E-state index in [0.29, 0.717) is 0 Å². The molecule has 0 aromatic heterocycles. The van der Waals surface area contributed by atoms with Crippen LogP contribution in [0.2, 0.25) is 0 Å². The lowest BCUT2D eigenvalue weighted by molar-refractivity contribution is -0.126. The van der Waals surface area contributed by atoms with E-state index in [9.17, 15) is 30.0 Å². The smallest absolute Gasteiger partial charge is 0.261 e. The molecule has 1 amide bonds. The molecule has 1 heterocycles. The molecule has 4 N–H and O–H groups in total. The van der Waals surface area contributed by atoms with E-state index < -0.39 is 29.8 Å². The van der Waals surface area contributed by atoms with Crippen LogP contribution < -0.4 is 0 Å². The number of nitrogens with zero attached hydrogens (tertiary/aromatic N) is 1. The number of fused-ring (bicyclic) bond motifs is 1. The fourth-order valence-electron chi connectivity index (χ4n) is 5.39. The number of hydrogen-bond acceptors (Lipinski definition) is 6. The van der Waals surface area contributed by atoms with Gasteiger partial charge in [-0.05, 0) is 37.0 Å². The van der Waals surface area contributed by atoms with E-state index in [4.69, 9.17) is 0 Å². The Kier molecular flexibility index (Phi) is 6.31. The fourth-order valence-corrected chi connectivity index (χ4v) is 5.39. The van der Waals surface area contributed by atoms with E-state index in [1.54, 1.807) is 12.2 Å². The largest absolute Gasteiger partial charge is 0.511 e. The summed E-state index contributed by atoms with van der Waals surface area (Å²) in [6, 6.07) is -0.977. The third kappa shape index (κ3) is 3.45. The van der Waals surface area contributed by atoms with Crippen molar-refractivity contribution in [1.82, 2.24) is 4.90 Å². The molecule has 0 radical (unpaired) electrons. The van der Waals surface area contributed by atoms with E-state index >= 15 is 0 Å². The first kappa shape index (κ1) is 21.7. The molecule has 0 aromatic rings. The lowest BCUT2D eigenvalue weighted by atomic mass is 9.54. The number of aliphatic hydroxyl groups excluding tert-OH is 4. The Hall–Kier alpha value is -1.96. The molecule has 0 spiro atoms. The van der Waals surface area contributed by atoms with Gasteiger partial charge in [0.15, 0.2) is 5.78 Å². The highest BCUT2D eigenvalue weighted by molar-refractivity contribution is 6.26. The van der Waals surface area contributed by atoms with Gasteiger partial charge in [0.1, 0.15) is 17.4 Å². The monoisotopic (exact) mass is 405 g/mol. The number of aliphatic hydroxyl groups is 4. The average molecular weight is 405 g/mol. The number of carbonyl (C=O) groups is 2. The third-order valence-electron chi connectivity index (χ3n) is 7.21. The Morgan fingerprint density at radius 1 is 1.21 bits per heavy atom. The molecule has 1 unspecified atom stereocenters. The van der Waals surface area contributed by atoms with Crippen LogP contribution in [0.1, 0.15) is 26.2 Å². The van der Waals surface area contributed by atoms with Crippen LogP contribution in [0.3, 0.4) is 0 Å². The molecule has 0 bridgehead atoms. The molecule has 1 saturated carbocycles. The van der Waals surface area contributed by atoms with Crippen LogP contribution in [0.25, 0.3) is 0 Å². The first-order valence-electron chi connectivity index (χ1n) is 10.2. The maximum absolute atomic E-state index is 12.8. The van der Waals surface area contributed by atoms with Crippen LogP contribution in [0.4, 0.5) is 0 Å². The summed E-state index contributed by atoms with van der Waals surface area (Å²) in [5.74, 6) is -1.37. The number of likely N-dealkylation sites (N-methyl/N-ethyl adjacent to an activating group) is 1. The number of ketones is 1. The van der Waals surface area contributed by atoms with Gasteiger partial charge in [-0.15, -0.1) is 0 Å². The molecule has 2 aliphatic carbocycles. The first-order chi connectivity index (χ1) is 13.8. The van der Waals surface area contributed by atoms with Crippen LogP contribution in [0.5, 0.6) is 0 Å². The van der Waals surface area contributed by atoms with E-state index in [2.05, 4.69) is 6.08 Å². The Morgan fingerprint density at radius 2 is 1.93 bits per heavy atom. The Bertz CT molecular complexity index is 756. The Labute approximate surface area is 171 Å². The minimum absolute atomic E-state index is 0.0183. The van der Waals surface area contributed by atoms with Gasteiger partial charge in [0.2, 0.25) is 0 Å². The average Bonchev–Trinajstić information content (AvgIpc) is 2.94. The molecular formula is C22H31NO6. The Balaban J connectivity index is 2.11. The quantitative estimate of drug-likeness (QED) is 0.234. The SMILES string of the molecule is CN1C(=O)C(=C(O)[C@@]2(C)[C@@H]3CC[C@@H](CO)C[C@H]3C=C[C@H]2/C=C/CO)C(=O)C1CO. The molecule has 1 saturated heterocycles. The molecule has 2 fully saturated rings. The van der Waals surface area contributed by atoms with Gasteiger partial charge in [0.25, 0.3) is 5.91 Å². The second-order valence-corrected chi connectivity index (χ2v) is 8.64. The van der Waals surface area contributed by atoms with E-state index in [-0.39, 0.29) is 48.2 Å². The molecule has 0 aromatic carbocycles. The van der Waals surface area contributed by atoms with Crippen molar-refractivity contribution in [3.8, 4) is 0 Å². The number of allylic oxidation sites excluding steroid dienone is 4. The van der Waals surface area contributed by atoms with Crippen LogP contribution in [0, 0.1) is 29.1 Å². The normalized spacial score (nSPS) is 39.3. The summed E-state index contributed by atoms with van der Waals surface area (Å²) in [6.45, 7) is 1.35. The summed E-state index contributed by atoms with van der Waals surface area (Å²) < 4.78 is 0. The number of likely N-dealkylation sites (tertiary alicyclic amines) is 1.